The molecule has 0 unspecified atom stereocenters. The molecule has 0 heterocycles. The van der Waals surface area contributed by atoms with Gasteiger partial charge in [0.15, 0.2) is 23.3 Å². The van der Waals surface area contributed by atoms with E-state index in [4.69, 9.17) is 5.11 Å². The van der Waals surface area contributed by atoms with Gasteiger partial charge in [-0.2, -0.15) is 0 Å². The molecular formula is C11H9F4NO2. The molecule has 0 atom stereocenters. The number of benzene rings is 1. The summed E-state index contributed by atoms with van der Waals surface area (Å²) >= 11 is 0. The predicted octanol–water partition coefficient (Wildman–Crippen LogP) is 1.50. The van der Waals surface area contributed by atoms with Crippen LogP contribution in [0.1, 0.15) is 23.2 Å². The van der Waals surface area contributed by atoms with Gasteiger partial charge in [0, 0.05) is 6.04 Å². The number of aliphatic hydroxyl groups is 1. The first kappa shape index (κ1) is 12.8. The van der Waals surface area contributed by atoms with Crippen molar-refractivity contribution >= 4 is 5.91 Å². The summed E-state index contributed by atoms with van der Waals surface area (Å²) in [6.07, 6.45) is 0.0424. The van der Waals surface area contributed by atoms with Crippen LogP contribution in [0.25, 0.3) is 0 Å². The van der Waals surface area contributed by atoms with Crippen molar-refractivity contribution in [2.75, 3.05) is 0 Å². The maximum atomic E-state index is 13.3. The molecule has 1 aromatic rings. The number of carbonyl (C=O) groups excluding carboxylic acids is 1. The van der Waals surface area contributed by atoms with E-state index in [-0.39, 0.29) is 6.04 Å². The van der Waals surface area contributed by atoms with Crippen LogP contribution in [-0.2, 0) is 0 Å². The SMILES string of the molecule is O=C(NC1CC(O)C1)c1cc(F)c(F)c(F)c1F. The molecule has 0 bridgehead atoms. The molecule has 1 aromatic carbocycles. The molecule has 0 aliphatic heterocycles. The Morgan fingerprint density at radius 3 is 2.33 bits per heavy atom. The zero-order chi connectivity index (χ0) is 13.4. The van der Waals surface area contributed by atoms with Crippen LogP contribution in [0.15, 0.2) is 6.07 Å². The van der Waals surface area contributed by atoms with E-state index >= 15 is 0 Å². The molecule has 7 heteroatoms. The van der Waals surface area contributed by atoms with Crippen molar-refractivity contribution in [1.29, 1.82) is 0 Å². The summed E-state index contributed by atoms with van der Waals surface area (Å²) in [5.74, 6) is -8.38. The highest BCUT2D eigenvalue weighted by atomic mass is 19.2. The van der Waals surface area contributed by atoms with E-state index < -0.39 is 40.8 Å². The highest BCUT2D eigenvalue weighted by Gasteiger charge is 2.30. The fourth-order valence-electron chi connectivity index (χ4n) is 1.71. The summed E-state index contributed by atoms with van der Waals surface area (Å²) in [7, 11) is 0. The first-order valence-electron chi connectivity index (χ1n) is 5.22. The second kappa shape index (κ2) is 4.56. The normalized spacial score (nSPS) is 22.5. The number of carbonyl (C=O) groups is 1. The Hall–Kier alpha value is -1.63. The van der Waals surface area contributed by atoms with Gasteiger partial charge in [-0.05, 0) is 18.9 Å². The molecule has 1 aliphatic carbocycles. The van der Waals surface area contributed by atoms with Gasteiger partial charge in [-0.25, -0.2) is 17.6 Å². The Balaban J connectivity index is 2.20. The fraction of sp³-hybridized carbons (Fsp3) is 0.364. The van der Waals surface area contributed by atoms with E-state index in [2.05, 4.69) is 5.32 Å². The summed E-state index contributed by atoms with van der Waals surface area (Å²) in [6.45, 7) is 0. The highest BCUT2D eigenvalue weighted by Crippen LogP contribution is 2.22. The molecule has 0 radical (unpaired) electrons. The fourth-order valence-corrected chi connectivity index (χ4v) is 1.71. The van der Waals surface area contributed by atoms with Gasteiger partial charge in [-0.15, -0.1) is 0 Å². The lowest BCUT2D eigenvalue weighted by Crippen LogP contribution is -2.47. The molecule has 1 saturated carbocycles. The molecule has 3 nitrogen and oxygen atoms in total. The zero-order valence-corrected chi connectivity index (χ0v) is 9.01. The zero-order valence-electron chi connectivity index (χ0n) is 9.01. The van der Waals surface area contributed by atoms with Crippen LogP contribution < -0.4 is 5.32 Å². The van der Waals surface area contributed by atoms with Gasteiger partial charge < -0.3 is 10.4 Å². The molecule has 1 fully saturated rings. The Labute approximate surface area is 99.4 Å². The van der Waals surface area contributed by atoms with Gasteiger partial charge in [0.2, 0.25) is 0 Å². The number of rotatable bonds is 2. The number of aliphatic hydroxyl groups excluding tert-OH is 1. The van der Waals surface area contributed by atoms with Crippen molar-refractivity contribution in [1.82, 2.24) is 5.32 Å². The molecule has 18 heavy (non-hydrogen) atoms. The minimum Gasteiger partial charge on any atom is -0.393 e. The lowest BCUT2D eigenvalue weighted by Gasteiger charge is -2.31. The number of nitrogens with one attached hydrogen (secondary N) is 1. The molecule has 98 valence electrons. The van der Waals surface area contributed by atoms with Crippen molar-refractivity contribution in [2.24, 2.45) is 0 Å². The average Bonchev–Trinajstić information content (AvgIpc) is 2.29. The van der Waals surface area contributed by atoms with Crippen LogP contribution in [0.2, 0.25) is 0 Å². The third-order valence-electron chi connectivity index (χ3n) is 2.80. The van der Waals surface area contributed by atoms with Crippen LogP contribution >= 0.6 is 0 Å². The second-order valence-electron chi connectivity index (χ2n) is 4.14. The molecule has 0 aromatic heterocycles. The van der Waals surface area contributed by atoms with E-state index in [1.165, 1.54) is 0 Å². The lowest BCUT2D eigenvalue weighted by molar-refractivity contribution is 0.0560. The number of amides is 1. The Morgan fingerprint density at radius 2 is 1.78 bits per heavy atom. The van der Waals surface area contributed by atoms with E-state index in [0.717, 1.165) is 0 Å². The van der Waals surface area contributed by atoms with E-state index in [1.807, 2.05) is 0 Å². The van der Waals surface area contributed by atoms with Gasteiger partial charge in [0.25, 0.3) is 5.91 Å². The quantitative estimate of drug-likeness (QED) is 0.482. The van der Waals surface area contributed by atoms with Gasteiger partial charge in [-0.3, -0.25) is 4.79 Å². The van der Waals surface area contributed by atoms with E-state index in [9.17, 15) is 22.4 Å². The van der Waals surface area contributed by atoms with E-state index in [0.29, 0.717) is 18.9 Å². The van der Waals surface area contributed by atoms with Crippen molar-refractivity contribution < 1.29 is 27.5 Å². The minimum atomic E-state index is -2.02. The number of hydrogen-bond acceptors (Lipinski definition) is 2. The van der Waals surface area contributed by atoms with Gasteiger partial charge in [0.05, 0.1) is 11.7 Å². The van der Waals surface area contributed by atoms with Crippen molar-refractivity contribution in [3.8, 4) is 0 Å². The molecule has 1 aliphatic rings. The highest BCUT2D eigenvalue weighted by molar-refractivity contribution is 5.94. The molecule has 0 spiro atoms. The Morgan fingerprint density at radius 1 is 1.17 bits per heavy atom. The van der Waals surface area contributed by atoms with Crippen LogP contribution in [0, 0.1) is 23.3 Å². The van der Waals surface area contributed by atoms with Crippen molar-refractivity contribution in [3.63, 3.8) is 0 Å². The van der Waals surface area contributed by atoms with Crippen LogP contribution in [0.4, 0.5) is 17.6 Å². The summed E-state index contributed by atoms with van der Waals surface area (Å²) in [5.41, 5.74) is -0.896. The molecular weight excluding hydrogens is 254 g/mol. The van der Waals surface area contributed by atoms with Crippen LogP contribution in [-0.4, -0.2) is 23.2 Å². The largest absolute Gasteiger partial charge is 0.393 e. The number of hydrogen-bond donors (Lipinski definition) is 2. The smallest absolute Gasteiger partial charge is 0.254 e. The topological polar surface area (TPSA) is 49.3 Å². The van der Waals surface area contributed by atoms with Crippen molar-refractivity contribution in [2.45, 2.75) is 25.0 Å². The van der Waals surface area contributed by atoms with Crippen LogP contribution in [0.5, 0.6) is 0 Å². The summed E-state index contributed by atoms with van der Waals surface area (Å²) < 4.78 is 51.7. The maximum absolute atomic E-state index is 13.3. The number of halogens is 4. The van der Waals surface area contributed by atoms with Gasteiger partial charge in [0.1, 0.15) is 0 Å². The third kappa shape index (κ3) is 2.17. The minimum absolute atomic E-state index is 0.291. The van der Waals surface area contributed by atoms with Gasteiger partial charge >= 0.3 is 0 Å². The maximum Gasteiger partial charge on any atom is 0.254 e. The van der Waals surface area contributed by atoms with Gasteiger partial charge in [-0.1, -0.05) is 0 Å². The lowest BCUT2D eigenvalue weighted by atomic mass is 9.89. The molecule has 2 N–H and O–H groups in total. The standard InChI is InChI=1S/C11H9F4NO2/c12-7-3-6(8(13)10(15)9(7)14)11(18)16-4-1-5(17)2-4/h3-5,17H,1-2H2,(H,16,18). The predicted molar refractivity (Wildman–Crippen MR) is 52.8 cm³/mol. The molecule has 1 amide bonds. The second-order valence-corrected chi connectivity index (χ2v) is 4.14. The average molecular weight is 263 g/mol. The Bertz CT molecular complexity index is 500. The molecule has 0 saturated heterocycles. The third-order valence-corrected chi connectivity index (χ3v) is 2.80. The first-order chi connectivity index (χ1) is 8.40. The summed E-state index contributed by atoms with van der Waals surface area (Å²) in [4.78, 5) is 11.5. The van der Waals surface area contributed by atoms with Crippen molar-refractivity contribution in [3.05, 3.63) is 34.9 Å². The van der Waals surface area contributed by atoms with E-state index in [1.54, 1.807) is 0 Å². The Kier molecular flexibility index (Phi) is 3.25. The summed E-state index contributed by atoms with van der Waals surface area (Å²) in [5, 5.41) is 11.3. The molecule has 2 rings (SSSR count). The monoisotopic (exact) mass is 263 g/mol. The summed E-state index contributed by atoms with van der Waals surface area (Å²) in [6, 6.07) is -0.0684. The van der Waals surface area contributed by atoms with Crippen LogP contribution in [0.3, 0.4) is 0 Å². The first-order valence-corrected chi connectivity index (χ1v) is 5.22.